The molecule has 0 saturated carbocycles. The second-order valence-electron chi connectivity index (χ2n) is 7.80. The highest BCUT2D eigenvalue weighted by molar-refractivity contribution is 7.89. The van der Waals surface area contributed by atoms with Crippen molar-refractivity contribution in [3.63, 3.8) is 0 Å². The quantitative estimate of drug-likeness (QED) is 0.398. The van der Waals surface area contributed by atoms with Crippen LogP contribution in [0.3, 0.4) is 0 Å². The van der Waals surface area contributed by atoms with Crippen molar-refractivity contribution < 1.29 is 21.6 Å². The van der Waals surface area contributed by atoms with Crippen LogP contribution < -0.4 is 9.94 Å². The molecule has 0 saturated heterocycles. The molecule has 0 radical (unpaired) electrons. The number of aromatic nitrogens is 1. The molecule has 0 fully saturated rings. The van der Waals surface area contributed by atoms with Crippen LogP contribution in [-0.4, -0.2) is 44.7 Å². The fourth-order valence-corrected chi connectivity index (χ4v) is 6.86. The Hall–Kier alpha value is -2.64. The van der Waals surface area contributed by atoms with Gasteiger partial charge in [-0.05, 0) is 55.3 Å². The van der Waals surface area contributed by atoms with Crippen molar-refractivity contribution in [3.05, 3.63) is 65.5 Å². The molecule has 1 heterocycles. The number of hydrogen-bond acceptors (Lipinski definition) is 6. The lowest BCUT2D eigenvalue weighted by Gasteiger charge is -2.21. The SMILES string of the molecule is C=CCn1c(=NC(=O)c2ccc(S(=O)(=O)N(CCC)CCC)cc2)sc2cc(S(N)(=O)=O)ccc21. The Balaban J connectivity index is 2.00. The smallest absolute Gasteiger partial charge is 0.279 e. The summed E-state index contributed by atoms with van der Waals surface area (Å²) < 4.78 is 53.1. The monoisotopic (exact) mass is 536 g/mol. The van der Waals surface area contributed by atoms with Gasteiger partial charge in [0.2, 0.25) is 20.0 Å². The van der Waals surface area contributed by atoms with Crippen molar-refractivity contribution in [2.45, 2.75) is 43.0 Å². The van der Waals surface area contributed by atoms with Gasteiger partial charge in [0.1, 0.15) is 0 Å². The average molecular weight is 537 g/mol. The normalized spacial score (nSPS) is 13.0. The lowest BCUT2D eigenvalue weighted by molar-refractivity contribution is 0.0997. The lowest BCUT2D eigenvalue weighted by atomic mass is 10.2. The first-order valence-electron chi connectivity index (χ1n) is 11.0. The third-order valence-electron chi connectivity index (χ3n) is 5.18. The van der Waals surface area contributed by atoms with Gasteiger partial charge in [-0.1, -0.05) is 31.3 Å². The highest BCUT2D eigenvalue weighted by Crippen LogP contribution is 2.22. The number of fused-ring (bicyclic) bond motifs is 1. The van der Waals surface area contributed by atoms with Crippen molar-refractivity contribution in [3.8, 4) is 0 Å². The van der Waals surface area contributed by atoms with Crippen LogP contribution in [0.15, 0.2) is 69.9 Å². The minimum atomic E-state index is -3.88. The summed E-state index contributed by atoms with van der Waals surface area (Å²) in [5, 5.41) is 5.23. The summed E-state index contributed by atoms with van der Waals surface area (Å²) in [4.78, 5) is 17.6. The second kappa shape index (κ2) is 11.0. The minimum absolute atomic E-state index is 0.0353. The molecular formula is C23H28N4O5S3. The summed E-state index contributed by atoms with van der Waals surface area (Å²) in [5.41, 5.74) is 0.913. The number of nitrogens with zero attached hydrogens (tertiary/aromatic N) is 3. The number of primary sulfonamides is 1. The Labute approximate surface area is 209 Å². The average Bonchev–Trinajstić information content (AvgIpc) is 3.15. The standard InChI is InChI=1S/C23H28N4O5S3/c1-4-13-26(14-5-2)35(31,32)18-9-7-17(8-10-18)22(28)25-23-27(15-6-3)20-12-11-19(34(24,29)30)16-21(20)33-23/h6-12,16H,3-5,13-15H2,1-2H3,(H2,24,29,30). The number of amides is 1. The summed E-state index contributed by atoms with van der Waals surface area (Å²) in [6.07, 6.45) is 3.04. The molecule has 188 valence electrons. The molecule has 9 nitrogen and oxygen atoms in total. The van der Waals surface area contributed by atoms with Crippen molar-refractivity contribution in [1.82, 2.24) is 8.87 Å². The number of allylic oxidation sites excluding steroid dienone is 1. The molecule has 0 aliphatic rings. The molecule has 0 atom stereocenters. The number of hydrogen-bond donors (Lipinski definition) is 1. The molecule has 12 heteroatoms. The zero-order valence-corrected chi connectivity index (χ0v) is 22.0. The van der Waals surface area contributed by atoms with E-state index in [0.717, 1.165) is 11.3 Å². The second-order valence-corrected chi connectivity index (χ2v) is 12.3. The van der Waals surface area contributed by atoms with Gasteiger partial charge in [0.05, 0.1) is 20.0 Å². The largest absolute Gasteiger partial charge is 0.312 e. The molecule has 1 aromatic heterocycles. The van der Waals surface area contributed by atoms with Crippen LogP contribution >= 0.6 is 11.3 Å². The molecular weight excluding hydrogens is 508 g/mol. The maximum atomic E-state index is 13.0. The summed E-state index contributed by atoms with van der Waals surface area (Å²) in [7, 11) is -7.53. The number of carbonyl (C=O) groups is 1. The Bertz CT molecular complexity index is 1510. The van der Waals surface area contributed by atoms with Gasteiger partial charge in [-0.2, -0.15) is 9.30 Å². The predicted molar refractivity (Wildman–Crippen MR) is 137 cm³/mol. The number of sulfonamides is 2. The predicted octanol–water partition coefficient (Wildman–Crippen LogP) is 3.09. The van der Waals surface area contributed by atoms with Crippen LogP contribution in [0, 0.1) is 0 Å². The van der Waals surface area contributed by atoms with Crippen LogP contribution in [0.2, 0.25) is 0 Å². The van der Waals surface area contributed by atoms with E-state index in [4.69, 9.17) is 5.14 Å². The summed E-state index contributed by atoms with van der Waals surface area (Å²) in [6, 6.07) is 10.2. The van der Waals surface area contributed by atoms with E-state index >= 15 is 0 Å². The molecule has 0 aliphatic carbocycles. The summed E-state index contributed by atoms with van der Waals surface area (Å²) >= 11 is 1.14. The third-order valence-corrected chi connectivity index (χ3v) is 9.04. The Morgan fingerprint density at radius 3 is 2.20 bits per heavy atom. The number of thiazole rings is 1. The van der Waals surface area contributed by atoms with Gasteiger partial charge in [-0.25, -0.2) is 22.0 Å². The first-order valence-corrected chi connectivity index (χ1v) is 14.8. The molecule has 3 rings (SSSR count). The Morgan fingerprint density at radius 2 is 1.66 bits per heavy atom. The lowest BCUT2D eigenvalue weighted by Crippen LogP contribution is -2.32. The molecule has 0 spiro atoms. The molecule has 0 bridgehead atoms. The highest BCUT2D eigenvalue weighted by atomic mass is 32.2. The molecule has 0 unspecified atom stereocenters. The maximum absolute atomic E-state index is 13.0. The fourth-order valence-electron chi connectivity index (χ4n) is 3.54. The first-order chi connectivity index (χ1) is 16.5. The van der Waals surface area contributed by atoms with Crippen molar-refractivity contribution in [1.29, 1.82) is 0 Å². The molecule has 0 aliphatic heterocycles. The van der Waals surface area contributed by atoms with E-state index in [1.165, 1.54) is 40.7 Å². The van der Waals surface area contributed by atoms with Gasteiger partial charge in [-0.15, -0.1) is 6.58 Å². The topological polar surface area (TPSA) is 132 Å². The third kappa shape index (κ3) is 5.96. The summed E-state index contributed by atoms with van der Waals surface area (Å²) in [5.74, 6) is -0.552. The Morgan fingerprint density at radius 1 is 1.06 bits per heavy atom. The van der Waals surface area contributed by atoms with Crippen LogP contribution in [0.5, 0.6) is 0 Å². The highest BCUT2D eigenvalue weighted by Gasteiger charge is 2.23. The zero-order chi connectivity index (χ0) is 25.8. The number of carbonyl (C=O) groups excluding carboxylic acids is 1. The van der Waals surface area contributed by atoms with E-state index in [1.54, 1.807) is 16.7 Å². The van der Waals surface area contributed by atoms with E-state index in [0.29, 0.717) is 47.5 Å². The number of nitrogens with two attached hydrogens (primary N) is 1. The number of rotatable bonds is 10. The molecule has 2 aromatic carbocycles. The van der Waals surface area contributed by atoms with Gasteiger partial charge in [0, 0.05) is 25.2 Å². The van der Waals surface area contributed by atoms with Gasteiger partial charge in [-0.3, -0.25) is 4.79 Å². The van der Waals surface area contributed by atoms with Gasteiger partial charge in [0.15, 0.2) is 4.80 Å². The molecule has 1 amide bonds. The van der Waals surface area contributed by atoms with Gasteiger partial charge < -0.3 is 4.57 Å². The maximum Gasteiger partial charge on any atom is 0.279 e. The van der Waals surface area contributed by atoms with Crippen LogP contribution in [0.25, 0.3) is 10.2 Å². The van der Waals surface area contributed by atoms with E-state index in [2.05, 4.69) is 11.6 Å². The van der Waals surface area contributed by atoms with E-state index in [9.17, 15) is 21.6 Å². The van der Waals surface area contributed by atoms with Gasteiger partial charge in [0.25, 0.3) is 5.91 Å². The van der Waals surface area contributed by atoms with Crippen molar-refractivity contribution in [2.24, 2.45) is 10.1 Å². The molecule has 35 heavy (non-hydrogen) atoms. The van der Waals surface area contributed by atoms with E-state index < -0.39 is 26.0 Å². The van der Waals surface area contributed by atoms with E-state index in [1.807, 2.05) is 13.8 Å². The first kappa shape index (κ1) is 27.0. The Kier molecular flexibility index (Phi) is 8.44. The van der Waals surface area contributed by atoms with Crippen LogP contribution in [-0.2, 0) is 26.6 Å². The van der Waals surface area contributed by atoms with Crippen LogP contribution in [0.1, 0.15) is 37.0 Å². The molecule has 3 aromatic rings. The van der Waals surface area contributed by atoms with Crippen LogP contribution in [0.4, 0.5) is 0 Å². The molecule has 2 N–H and O–H groups in total. The van der Waals surface area contributed by atoms with Gasteiger partial charge >= 0.3 is 0 Å². The minimum Gasteiger partial charge on any atom is -0.312 e. The van der Waals surface area contributed by atoms with E-state index in [-0.39, 0.29) is 15.4 Å². The summed E-state index contributed by atoms with van der Waals surface area (Å²) in [6.45, 7) is 8.77. The van der Waals surface area contributed by atoms with Crippen molar-refractivity contribution in [2.75, 3.05) is 13.1 Å². The zero-order valence-electron chi connectivity index (χ0n) is 19.5. The fraction of sp³-hybridized carbons (Fsp3) is 0.304. The van der Waals surface area contributed by atoms with Crippen molar-refractivity contribution >= 4 is 47.5 Å². The number of benzene rings is 2.